The third-order valence-corrected chi connectivity index (χ3v) is 9.28. The van der Waals surface area contributed by atoms with E-state index in [4.69, 9.17) is 14.2 Å². The molecule has 0 amide bonds. The van der Waals surface area contributed by atoms with Crippen LogP contribution < -0.4 is 4.74 Å². The number of aliphatic imine (C=N–C) groups is 1. The molecule has 4 aliphatic rings. The number of methoxy groups -OCH3 is 1. The molecular weight excluding hydrogens is 572 g/mol. The Hall–Kier alpha value is -3.84. The predicted molar refractivity (Wildman–Crippen MR) is 155 cm³/mol. The van der Waals surface area contributed by atoms with Crippen molar-refractivity contribution in [1.29, 1.82) is 0 Å². The van der Waals surface area contributed by atoms with Crippen molar-refractivity contribution in [2.75, 3.05) is 20.2 Å². The summed E-state index contributed by atoms with van der Waals surface area (Å²) in [6, 6.07) is 3.90. The van der Waals surface area contributed by atoms with E-state index >= 15 is 0 Å². The molecule has 2 aliphatic carbocycles. The lowest BCUT2D eigenvalue weighted by Gasteiger charge is -2.42. The van der Waals surface area contributed by atoms with Gasteiger partial charge in [0.1, 0.15) is 29.0 Å². The summed E-state index contributed by atoms with van der Waals surface area (Å²) in [5, 5.41) is 45.4. The van der Waals surface area contributed by atoms with Crippen LogP contribution >= 0.6 is 0 Å². The number of ether oxygens (including phenoxy) is 3. The average Bonchev–Trinajstić information content (AvgIpc) is 3.52. The van der Waals surface area contributed by atoms with E-state index in [-0.39, 0.29) is 40.8 Å². The molecule has 0 radical (unpaired) electrons. The molecule has 0 saturated carbocycles. The number of likely N-dealkylation sites (tertiary alicyclic amines) is 1. The minimum absolute atomic E-state index is 0.00869. The summed E-state index contributed by atoms with van der Waals surface area (Å²) in [5.41, 5.74) is -2.99. The predicted octanol–water partition coefficient (Wildman–Crippen LogP) is 2.19. The van der Waals surface area contributed by atoms with Crippen molar-refractivity contribution in [3.63, 3.8) is 0 Å². The molecule has 234 valence electrons. The van der Waals surface area contributed by atoms with Gasteiger partial charge in [-0.3, -0.25) is 19.4 Å². The van der Waals surface area contributed by atoms with Crippen LogP contribution in [0.4, 0.5) is 0 Å². The summed E-state index contributed by atoms with van der Waals surface area (Å²) in [6.45, 7) is 4.64. The highest BCUT2D eigenvalue weighted by atomic mass is 16.7. The second-order valence-electron chi connectivity index (χ2n) is 12.0. The van der Waals surface area contributed by atoms with Crippen molar-refractivity contribution in [2.45, 2.75) is 82.2 Å². The number of benzene rings is 2. The van der Waals surface area contributed by atoms with Crippen molar-refractivity contribution in [2.24, 2.45) is 4.99 Å². The Morgan fingerprint density at radius 1 is 1.11 bits per heavy atom. The van der Waals surface area contributed by atoms with E-state index in [0.717, 1.165) is 25.9 Å². The molecule has 0 bridgehead atoms. The summed E-state index contributed by atoms with van der Waals surface area (Å²) in [7, 11) is 1.35. The van der Waals surface area contributed by atoms with Gasteiger partial charge in [-0.05, 0) is 32.8 Å². The molecule has 2 saturated heterocycles. The average molecular weight is 609 g/mol. The summed E-state index contributed by atoms with van der Waals surface area (Å²) in [4.78, 5) is 46.8. The van der Waals surface area contributed by atoms with Gasteiger partial charge >= 0.3 is 0 Å². The number of hydrogen-bond acceptors (Lipinski definition) is 11. The monoisotopic (exact) mass is 608 g/mol. The van der Waals surface area contributed by atoms with Gasteiger partial charge in [0, 0.05) is 49.0 Å². The molecular formula is C32H36N2O10. The first kappa shape index (κ1) is 30.2. The molecule has 0 unspecified atom stereocenters. The zero-order valence-corrected chi connectivity index (χ0v) is 24.8. The highest BCUT2D eigenvalue weighted by Gasteiger charge is 2.49. The molecule has 2 aliphatic heterocycles. The molecule has 0 spiro atoms. The minimum Gasteiger partial charge on any atom is -0.507 e. The van der Waals surface area contributed by atoms with E-state index in [2.05, 4.69) is 9.89 Å². The van der Waals surface area contributed by atoms with Gasteiger partial charge in [0.2, 0.25) is 5.78 Å². The SMILES string of the molecule is COc1cccc2c1C(=O)c1c(O)c3c(c(O)c1C2=O)C[C@@](O)(C(C)=O)C[C@@H]3O[C@H]1C[C@@H](N=CN2CCCC2)[C@H](O)[C@H](C)O1. The fraction of sp³-hybridized carbons (Fsp3) is 0.500. The first-order valence-electron chi connectivity index (χ1n) is 14.8. The lowest BCUT2D eigenvalue weighted by molar-refractivity contribution is -0.246. The number of nitrogens with zero attached hydrogens (tertiary/aromatic N) is 2. The largest absolute Gasteiger partial charge is 0.507 e. The highest BCUT2D eigenvalue weighted by Crippen LogP contribution is 2.52. The number of aliphatic hydroxyl groups excluding tert-OH is 1. The van der Waals surface area contributed by atoms with Crippen LogP contribution in [0.5, 0.6) is 17.2 Å². The Morgan fingerprint density at radius 3 is 2.50 bits per heavy atom. The second-order valence-corrected chi connectivity index (χ2v) is 12.0. The maximum absolute atomic E-state index is 13.8. The fourth-order valence-corrected chi connectivity index (χ4v) is 6.78. The Morgan fingerprint density at radius 2 is 1.82 bits per heavy atom. The number of aliphatic hydroxyl groups is 2. The lowest BCUT2D eigenvalue weighted by Crippen LogP contribution is -2.49. The molecule has 44 heavy (non-hydrogen) atoms. The normalized spacial score (nSPS) is 29.8. The molecule has 12 heteroatoms. The van der Waals surface area contributed by atoms with Gasteiger partial charge in [-0.1, -0.05) is 12.1 Å². The summed E-state index contributed by atoms with van der Waals surface area (Å²) in [5.74, 6) is -3.12. The number of carbonyl (C=O) groups is 3. The minimum atomic E-state index is -2.01. The molecule has 12 nitrogen and oxygen atoms in total. The van der Waals surface area contributed by atoms with Gasteiger partial charge in [-0.2, -0.15) is 0 Å². The Bertz CT molecular complexity index is 1560. The van der Waals surface area contributed by atoms with Crippen LogP contribution in [0.25, 0.3) is 0 Å². The lowest BCUT2D eigenvalue weighted by atomic mass is 9.72. The molecule has 2 heterocycles. The summed E-state index contributed by atoms with van der Waals surface area (Å²) in [6.07, 6.45) is -0.567. The number of ketones is 3. The first-order valence-corrected chi connectivity index (χ1v) is 14.8. The highest BCUT2D eigenvalue weighted by molar-refractivity contribution is 6.31. The van der Waals surface area contributed by atoms with Crippen LogP contribution in [-0.4, -0.2) is 99.4 Å². The quantitative estimate of drug-likeness (QED) is 0.183. The van der Waals surface area contributed by atoms with Gasteiger partial charge in [-0.15, -0.1) is 0 Å². The van der Waals surface area contributed by atoms with E-state index in [0.29, 0.717) is 0 Å². The van der Waals surface area contributed by atoms with Crippen molar-refractivity contribution >= 4 is 23.7 Å². The number of rotatable bonds is 6. The van der Waals surface area contributed by atoms with Crippen LogP contribution in [0.15, 0.2) is 23.2 Å². The number of fused-ring (bicyclic) bond motifs is 3. The maximum atomic E-state index is 13.8. The van der Waals surface area contributed by atoms with Crippen LogP contribution in [0.3, 0.4) is 0 Å². The van der Waals surface area contributed by atoms with Crippen molar-refractivity contribution in [3.05, 3.63) is 51.6 Å². The maximum Gasteiger partial charge on any atom is 0.202 e. The smallest absolute Gasteiger partial charge is 0.202 e. The molecule has 0 aromatic heterocycles. The third kappa shape index (κ3) is 4.86. The van der Waals surface area contributed by atoms with Crippen molar-refractivity contribution in [1.82, 2.24) is 4.90 Å². The molecule has 6 rings (SSSR count). The first-order chi connectivity index (χ1) is 20.9. The Labute approximate surface area is 253 Å². The van der Waals surface area contributed by atoms with E-state index in [9.17, 15) is 34.8 Å². The molecule has 6 atom stereocenters. The van der Waals surface area contributed by atoms with E-state index < -0.39 is 82.6 Å². The van der Waals surface area contributed by atoms with Crippen LogP contribution in [0.1, 0.15) is 88.6 Å². The van der Waals surface area contributed by atoms with Crippen molar-refractivity contribution in [3.8, 4) is 17.2 Å². The van der Waals surface area contributed by atoms with E-state index in [1.165, 1.54) is 32.2 Å². The van der Waals surface area contributed by atoms with E-state index in [1.54, 1.807) is 13.3 Å². The Balaban J connectivity index is 1.41. The summed E-state index contributed by atoms with van der Waals surface area (Å²) < 4.78 is 17.6. The number of aromatic hydroxyl groups is 2. The summed E-state index contributed by atoms with van der Waals surface area (Å²) >= 11 is 0. The fourth-order valence-electron chi connectivity index (χ4n) is 6.78. The second kappa shape index (κ2) is 11.3. The van der Waals surface area contributed by atoms with Gasteiger partial charge in [0.25, 0.3) is 0 Å². The number of Topliss-reactive ketones (excluding diaryl/α,β-unsaturated/α-hetero) is 1. The number of phenols is 2. The van der Waals surface area contributed by atoms with Gasteiger partial charge in [-0.25, -0.2) is 0 Å². The van der Waals surface area contributed by atoms with Gasteiger partial charge in [0.05, 0.1) is 48.4 Å². The van der Waals surface area contributed by atoms with Gasteiger partial charge in [0.15, 0.2) is 17.9 Å². The van der Waals surface area contributed by atoms with Gasteiger partial charge < -0.3 is 39.5 Å². The standard InChI is InChI=1S/C32H36N2O10/c1-15-27(36)19(33-14-34-9-4-5-10-34)11-22(43-15)44-21-13-32(41,16(2)35)12-18-24(21)31(40)26-25(29(18)38)28(37)17-7-6-8-20(42-3)23(17)30(26)39/h6-8,14-15,19,21-22,27,36,38,40-41H,4-5,9-13H2,1-3H3/t15-,19+,21-,22-,27+,32-/m0/s1. The van der Waals surface area contributed by atoms with Crippen LogP contribution in [-0.2, 0) is 20.7 Å². The molecule has 4 N–H and O–H groups in total. The zero-order valence-electron chi connectivity index (χ0n) is 24.8. The van der Waals surface area contributed by atoms with Crippen LogP contribution in [0, 0.1) is 0 Å². The molecule has 2 aromatic carbocycles. The molecule has 2 aromatic rings. The van der Waals surface area contributed by atoms with E-state index in [1.807, 2.05) is 0 Å². The third-order valence-electron chi connectivity index (χ3n) is 9.28. The number of carbonyl (C=O) groups excluding carboxylic acids is 3. The Kier molecular flexibility index (Phi) is 7.73. The zero-order chi connectivity index (χ0) is 31.5. The number of hydrogen-bond donors (Lipinski definition) is 4. The number of phenolic OH excluding ortho intramolecular Hbond substituents is 2. The topological polar surface area (TPSA) is 175 Å². The molecule has 2 fully saturated rings. The van der Waals surface area contributed by atoms with Crippen molar-refractivity contribution < 1.29 is 49.0 Å². The van der Waals surface area contributed by atoms with Crippen LogP contribution in [0.2, 0.25) is 0 Å².